The maximum absolute atomic E-state index is 14.0. The van der Waals surface area contributed by atoms with Crippen LogP contribution < -0.4 is 9.46 Å². The zero-order chi connectivity index (χ0) is 22.9. The number of methoxy groups -OCH3 is 1. The minimum atomic E-state index is -4.64. The molecule has 13 heteroatoms. The largest absolute Gasteiger partial charge is 0.497 e. The van der Waals surface area contributed by atoms with Crippen molar-refractivity contribution in [2.24, 2.45) is 0 Å². The highest BCUT2D eigenvalue weighted by atomic mass is 35.5. The van der Waals surface area contributed by atoms with Crippen LogP contribution in [0.2, 0.25) is 5.02 Å². The first-order chi connectivity index (χ1) is 14.6. The van der Waals surface area contributed by atoms with Gasteiger partial charge in [0.25, 0.3) is 22.4 Å². The molecule has 1 aromatic heterocycles. The number of aromatic nitrogens is 2. The van der Waals surface area contributed by atoms with E-state index in [1.165, 1.54) is 19.2 Å². The van der Waals surface area contributed by atoms with Crippen molar-refractivity contribution >= 4 is 27.5 Å². The molecule has 2 aromatic carbocycles. The van der Waals surface area contributed by atoms with Crippen LogP contribution in [0.15, 0.2) is 47.6 Å². The normalized spacial score (nSPS) is 11.6. The molecule has 1 amide bonds. The lowest BCUT2D eigenvalue weighted by Gasteiger charge is -2.12. The highest BCUT2D eigenvalue weighted by molar-refractivity contribution is 7.90. The van der Waals surface area contributed by atoms with Crippen LogP contribution in [0.1, 0.15) is 22.6 Å². The van der Waals surface area contributed by atoms with Crippen LogP contribution in [0.25, 0.3) is 5.69 Å². The van der Waals surface area contributed by atoms with Gasteiger partial charge in [-0.2, -0.15) is 0 Å². The summed E-state index contributed by atoms with van der Waals surface area (Å²) >= 11 is 5.86. The minimum absolute atomic E-state index is 0.102. The monoisotopic (exact) mass is 477 g/mol. The fraction of sp³-hybridized carbons (Fsp3) is 0.111. The Kier molecular flexibility index (Phi) is 6.23. The lowest BCUT2D eigenvalue weighted by molar-refractivity contribution is 0.0959. The number of amides is 1. The van der Waals surface area contributed by atoms with Gasteiger partial charge in [0.05, 0.1) is 12.1 Å². The average molecular weight is 478 g/mol. The van der Waals surface area contributed by atoms with Crippen LogP contribution in [0.3, 0.4) is 0 Å². The van der Waals surface area contributed by atoms with Crippen molar-refractivity contribution in [3.8, 4) is 11.4 Å². The number of alkyl halides is 2. The molecule has 0 bridgehead atoms. The number of ether oxygens (including phenoxy) is 1. The Morgan fingerprint density at radius 2 is 1.84 bits per heavy atom. The third kappa shape index (κ3) is 4.35. The molecular formula is C18H12ClF4N3O4S. The summed E-state index contributed by atoms with van der Waals surface area (Å²) in [5.41, 5.74) is -3.14. The van der Waals surface area contributed by atoms with Crippen molar-refractivity contribution in [3.63, 3.8) is 0 Å². The Balaban J connectivity index is 2.04. The van der Waals surface area contributed by atoms with Gasteiger partial charge >= 0.3 is 0 Å². The SMILES string of the molecule is COc1ccc(Cl)c(S(=O)(=O)NC(=O)c2ncn(-c3c(F)cccc3F)c2C(F)F)c1. The smallest absolute Gasteiger partial charge is 0.285 e. The van der Waals surface area contributed by atoms with Gasteiger partial charge in [0, 0.05) is 6.07 Å². The first-order valence-electron chi connectivity index (χ1n) is 8.27. The predicted octanol–water partition coefficient (Wildman–Crippen LogP) is 3.87. The molecule has 7 nitrogen and oxygen atoms in total. The molecule has 164 valence electrons. The number of carbonyl (C=O) groups excluding carboxylic acids is 1. The van der Waals surface area contributed by atoms with Crippen molar-refractivity contribution in [1.29, 1.82) is 0 Å². The molecule has 1 heterocycles. The molecular weight excluding hydrogens is 466 g/mol. The summed E-state index contributed by atoms with van der Waals surface area (Å²) in [6, 6.07) is 6.23. The van der Waals surface area contributed by atoms with Crippen molar-refractivity contribution in [2.75, 3.05) is 7.11 Å². The van der Waals surface area contributed by atoms with Crippen molar-refractivity contribution in [3.05, 3.63) is 70.8 Å². The topological polar surface area (TPSA) is 90.3 Å². The molecule has 0 spiro atoms. The van der Waals surface area contributed by atoms with E-state index >= 15 is 0 Å². The van der Waals surface area contributed by atoms with Gasteiger partial charge in [-0.3, -0.25) is 9.36 Å². The van der Waals surface area contributed by atoms with Gasteiger partial charge in [0.1, 0.15) is 40.0 Å². The number of nitrogens with zero attached hydrogens (tertiary/aromatic N) is 2. The molecule has 0 aliphatic heterocycles. The summed E-state index contributed by atoms with van der Waals surface area (Å²) in [6.45, 7) is 0. The summed E-state index contributed by atoms with van der Waals surface area (Å²) < 4.78 is 87.4. The van der Waals surface area contributed by atoms with Gasteiger partial charge in [-0.1, -0.05) is 17.7 Å². The molecule has 0 unspecified atom stereocenters. The molecule has 0 saturated heterocycles. The van der Waals surface area contributed by atoms with E-state index in [4.69, 9.17) is 16.3 Å². The summed E-state index contributed by atoms with van der Waals surface area (Å²) in [5, 5.41) is -0.269. The summed E-state index contributed by atoms with van der Waals surface area (Å²) in [7, 11) is -3.37. The van der Waals surface area contributed by atoms with Crippen LogP contribution in [0, 0.1) is 11.6 Å². The molecule has 0 aliphatic carbocycles. The molecule has 31 heavy (non-hydrogen) atoms. The fourth-order valence-corrected chi connectivity index (χ4v) is 4.15. The standard InChI is InChI=1S/C18H12ClF4N3O4S/c1-30-9-5-6-10(19)13(7-9)31(28,29)25-18(27)14-16(17(22)23)26(8-24-14)15-11(20)3-2-4-12(15)21/h2-8,17H,1H3,(H,25,27). The van der Waals surface area contributed by atoms with E-state index in [9.17, 15) is 30.8 Å². The lowest BCUT2D eigenvalue weighted by atomic mass is 10.2. The number of rotatable bonds is 6. The second-order valence-corrected chi connectivity index (χ2v) is 8.01. The fourth-order valence-electron chi connectivity index (χ4n) is 2.68. The number of carbonyl (C=O) groups is 1. The highest BCUT2D eigenvalue weighted by Crippen LogP contribution is 2.29. The van der Waals surface area contributed by atoms with Crippen LogP contribution >= 0.6 is 11.6 Å². The summed E-state index contributed by atoms with van der Waals surface area (Å²) in [5.74, 6) is -3.83. The molecule has 3 aromatic rings. The third-order valence-corrected chi connectivity index (χ3v) is 5.87. The van der Waals surface area contributed by atoms with E-state index in [-0.39, 0.29) is 10.8 Å². The number of halogens is 5. The Morgan fingerprint density at radius 3 is 2.42 bits per heavy atom. The Morgan fingerprint density at radius 1 is 1.19 bits per heavy atom. The zero-order valence-electron chi connectivity index (χ0n) is 15.4. The first-order valence-corrected chi connectivity index (χ1v) is 10.1. The van der Waals surface area contributed by atoms with Crippen LogP contribution in [-0.2, 0) is 10.0 Å². The van der Waals surface area contributed by atoms with Crippen LogP contribution in [-0.4, -0.2) is 31.0 Å². The average Bonchev–Trinajstić information content (AvgIpc) is 3.13. The van der Waals surface area contributed by atoms with Gasteiger partial charge in [0.15, 0.2) is 5.69 Å². The highest BCUT2D eigenvalue weighted by Gasteiger charge is 2.31. The Hall–Kier alpha value is -3.12. The van der Waals surface area contributed by atoms with E-state index in [1.54, 1.807) is 4.72 Å². The van der Waals surface area contributed by atoms with E-state index in [0.717, 1.165) is 24.3 Å². The van der Waals surface area contributed by atoms with E-state index in [2.05, 4.69) is 4.98 Å². The first kappa shape index (κ1) is 22.6. The number of hydrogen-bond acceptors (Lipinski definition) is 5. The molecule has 0 radical (unpaired) electrons. The van der Waals surface area contributed by atoms with E-state index in [1.807, 2.05) is 0 Å². The van der Waals surface area contributed by atoms with E-state index < -0.39 is 56.0 Å². The summed E-state index contributed by atoms with van der Waals surface area (Å²) in [6.07, 6.45) is -2.84. The second kappa shape index (κ2) is 8.55. The number of hydrogen-bond donors (Lipinski definition) is 1. The maximum Gasteiger partial charge on any atom is 0.285 e. The van der Waals surface area contributed by atoms with Crippen molar-refractivity contribution < 1.29 is 35.5 Å². The van der Waals surface area contributed by atoms with Crippen molar-refractivity contribution in [2.45, 2.75) is 11.3 Å². The molecule has 0 aliphatic rings. The number of para-hydroxylation sites is 1. The summed E-state index contributed by atoms with van der Waals surface area (Å²) in [4.78, 5) is 15.4. The molecule has 3 rings (SSSR count). The molecule has 0 atom stereocenters. The van der Waals surface area contributed by atoms with Gasteiger partial charge < -0.3 is 4.74 Å². The zero-order valence-corrected chi connectivity index (χ0v) is 17.0. The van der Waals surface area contributed by atoms with Crippen LogP contribution in [0.5, 0.6) is 5.75 Å². The quantitative estimate of drug-likeness (QED) is 0.544. The number of benzene rings is 2. The number of imidazole rings is 1. The van der Waals surface area contributed by atoms with Crippen LogP contribution in [0.4, 0.5) is 17.6 Å². The molecule has 0 fully saturated rings. The van der Waals surface area contributed by atoms with Crippen molar-refractivity contribution in [1.82, 2.24) is 14.3 Å². The maximum atomic E-state index is 14.0. The number of nitrogens with one attached hydrogen (secondary N) is 1. The van der Waals surface area contributed by atoms with Gasteiger partial charge in [-0.25, -0.2) is 35.7 Å². The van der Waals surface area contributed by atoms with Gasteiger partial charge in [0.2, 0.25) is 0 Å². The lowest BCUT2D eigenvalue weighted by Crippen LogP contribution is -2.32. The predicted molar refractivity (Wildman–Crippen MR) is 101 cm³/mol. The Labute approximate surface area is 178 Å². The van der Waals surface area contributed by atoms with Gasteiger partial charge in [-0.15, -0.1) is 0 Å². The van der Waals surface area contributed by atoms with Gasteiger partial charge in [-0.05, 0) is 24.3 Å². The number of sulfonamides is 1. The minimum Gasteiger partial charge on any atom is -0.497 e. The second-order valence-electron chi connectivity index (χ2n) is 5.95. The Bertz CT molecular complexity index is 1240. The molecule has 0 saturated carbocycles. The van der Waals surface area contributed by atoms with E-state index in [0.29, 0.717) is 10.9 Å². The third-order valence-electron chi connectivity index (χ3n) is 4.06. The molecule has 1 N–H and O–H groups in total.